The molecule has 0 amide bonds. The number of esters is 1. The molecule has 15 heavy (non-hydrogen) atoms. The van der Waals surface area contributed by atoms with E-state index in [2.05, 4.69) is 25.3 Å². The first-order valence-electron chi connectivity index (χ1n) is 5.25. The van der Waals surface area contributed by atoms with E-state index in [9.17, 15) is 4.79 Å². The van der Waals surface area contributed by atoms with Gasteiger partial charge in [-0.25, -0.2) is 4.79 Å². The number of carbonyl (C=O) groups is 1. The number of hydrogen-bond donors (Lipinski definition) is 0. The van der Waals surface area contributed by atoms with Crippen molar-refractivity contribution in [3.63, 3.8) is 0 Å². The van der Waals surface area contributed by atoms with Gasteiger partial charge in [0, 0.05) is 12.1 Å². The molecule has 0 radical (unpaired) electrons. The molecule has 0 spiro atoms. The molecule has 0 saturated carbocycles. The fourth-order valence-electron chi connectivity index (χ4n) is 1.06. The van der Waals surface area contributed by atoms with Crippen LogP contribution in [0.2, 0.25) is 0 Å². The smallest absolute Gasteiger partial charge is 0.334 e. The van der Waals surface area contributed by atoms with Gasteiger partial charge in [0.25, 0.3) is 0 Å². The highest BCUT2D eigenvalue weighted by atomic mass is 35.5. The highest BCUT2D eigenvalue weighted by Gasteiger charge is 2.13. The van der Waals surface area contributed by atoms with E-state index in [-0.39, 0.29) is 5.38 Å². The van der Waals surface area contributed by atoms with E-state index in [4.69, 9.17) is 16.3 Å². The number of nitrogens with zero attached hydrogens (tertiary/aromatic N) is 1. The number of rotatable bonds is 7. The molecule has 0 aromatic heterocycles. The maximum atomic E-state index is 11.3. The summed E-state index contributed by atoms with van der Waals surface area (Å²) in [7, 11) is 0. The Morgan fingerprint density at radius 3 is 2.40 bits per heavy atom. The van der Waals surface area contributed by atoms with Crippen molar-refractivity contribution in [3.05, 3.63) is 12.2 Å². The monoisotopic (exact) mass is 233 g/mol. The molecule has 88 valence electrons. The van der Waals surface area contributed by atoms with Gasteiger partial charge in [-0.05, 0) is 20.0 Å². The summed E-state index contributed by atoms with van der Waals surface area (Å²) in [6.07, 6.45) is 0. The molecule has 0 N–H and O–H groups in total. The Kier molecular flexibility index (Phi) is 7.44. The van der Waals surface area contributed by atoms with Gasteiger partial charge >= 0.3 is 5.97 Å². The predicted octanol–water partition coefficient (Wildman–Crippen LogP) is 2.05. The molecule has 0 aromatic carbocycles. The van der Waals surface area contributed by atoms with E-state index >= 15 is 0 Å². The molecule has 1 unspecified atom stereocenters. The van der Waals surface area contributed by atoms with E-state index in [1.54, 1.807) is 6.92 Å². The van der Waals surface area contributed by atoms with E-state index < -0.39 is 5.97 Å². The second kappa shape index (κ2) is 7.71. The lowest BCUT2D eigenvalue weighted by atomic mass is 10.2. The van der Waals surface area contributed by atoms with Crippen molar-refractivity contribution in [2.24, 2.45) is 0 Å². The molecular weight excluding hydrogens is 214 g/mol. The second-order valence-electron chi connectivity index (χ2n) is 3.30. The van der Waals surface area contributed by atoms with E-state index in [0.29, 0.717) is 12.2 Å². The van der Waals surface area contributed by atoms with Crippen LogP contribution in [0.4, 0.5) is 0 Å². The topological polar surface area (TPSA) is 29.5 Å². The Hall–Kier alpha value is -0.540. The predicted molar refractivity (Wildman–Crippen MR) is 63.2 cm³/mol. The zero-order chi connectivity index (χ0) is 11.8. The third-order valence-corrected chi connectivity index (χ3v) is 2.54. The first kappa shape index (κ1) is 14.5. The number of likely N-dealkylation sites (N-methyl/N-ethyl adjacent to an activating group) is 1. The summed E-state index contributed by atoms with van der Waals surface area (Å²) in [6, 6.07) is 0. The van der Waals surface area contributed by atoms with E-state index in [1.165, 1.54) is 0 Å². The van der Waals surface area contributed by atoms with E-state index in [1.807, 2.05) is 0 Å². The number of hydrogen-bond acceptors (Lipinski definition) is 3. The minimum Gasteiger partial charge on any atom is -0.461 e. The van der Waals surface area contributed by atoms with E-state index in [0.717, 1.165) is 19.6 Å². The average molecular weight is 234 g/mol. The third-order valence-electron chi connectivity index (χ3n) is 2.28. The first-order chi connectivity index (χ1) is 7.02. The molecule has 4 heteroatoms. The Morgan fingerprint density at radius 2 is 2.00 bits per heavy atom. The molecule has 1 atom stereocenters. The number of ether oxygens (including phenoxy) is 1. The molecule has 0 aliphatic carbocycles. The number of alkyl halides is 1. The summed E-state index contributed by atoms with van der Waals surface area (Å²) in [4.78, 5) is 13.5. The van der Waals surface area contributed by atoms with Crippen LogP contribution in [0.25, 0.3) is 0 Å². The van der Waals surface area contributed by atoms with Crippen LogP contribution < -0.4 is 0 Å². The van der Waals surface area contributed by atoms with Crippen LogP contribution in [0.1, 0.15) is 20.8 Å². The largest absolute Gasteiger partial charge is 0.461 e. The molecular formula is C11H20ClNO2. The molecule has 0 aromatic rings. The Labute approximate surface area is 97.0 Å². The summed E-state index contributed by atoms with van der Waals surface area (Å²) >= 11 is 5.71. The minimum atomic E-state index is -0.398. The van der Waals surface area contributed by atoms with Crippen LogP contribution in [-0.2, 0) is 9.53 Å². The van der Waals surface area contributed by atoms with Crippen LogP contribution in [0, 0.1) is 0 Å². The fraction of sp³-hybridized carbons (Fsp3) is 0.727. The van der Waals surface area contributed by atoms with Crippen molar-refractivity contribution in [3.8, 4) is 0 Å². The lowest BCUT2D eigenvalue weighted by Crippen LogP contribution is -2.28. The maximum absolute atomic E-state index is 11.3. The molecule has 0 saturated heterocycles. The maximum Gasteiger partial charge on any atom is 0.334 e. The van der Waals surface area contributed by atoms with Crippen molar-refractivity contribution in [2.45, 2.75) is 26.1 Å². The molecule has 3 nitrogen and oxygen atoms in total. The van der Waals surface area contributed by atoms with Gasteiger partial charge < -0.3 is 9.64 Å². The van der Waals surface area contributed by atoms with Gasteiger partial charge in [0.2, 0.25) is 0 Å². The van der Waals surface area contributed by atoms with Crippen LogP contribution in [0.5, 0.6) is 0 Å². The Morgan fingerprint density at radius 1 is 1.47 bits per heavy atom. The quantitative estimate of drug-likeness (QED) is 0.383. The SMILES string of the molecule is C=C(C(=O)OCCN(CC)CC)C(C)Cl. The third kappa shape index (κ3) is 5.80. The molecule has 0 fully saturated rings. The van der Waals surface area contributed by atoms with Crippen molar-refractivity contribution in [1.82, 2.24) is 4.90 Å². The van der Waals surface area contributed by atoms with Gasteiger partial charge in [-0.3, -0.25) is 0 Å². The first-order valence-corrected chi connectivity index (χ1v) is 5.68. The van der Waals surface area contributed by atoms with Crippen molar-refractivity contribution in [1.29, 1.82) is 0 Å². The van der Waals surface area contributed by atoms with Crippen LogP contribution in [0.15, 0.2) is 12.2 Å². The highest BCUT2D eigenvalue weighted by Crippen LogP contribution is 2.08. The van der Waals surface area contributed by atoms with Crippen molar-refractivity contribution < 1.29 is 9.53 Å². The summed E-state index contributed by atoms with van der Waals surface area (Å²) in [6.45, 7) is 12.5. The van der Waals surface area contributed by atoms with Gasteiger partial charge in [-0.2, -0.15) is 0 Å². The summed E-state index contributed by atoms with van der Waals surface area (Å²) in [5, 5.41) is -0.369. The molecule has 0 rings (SSSR count). The average Bonchev–Trinajstić information content (AvgIpc) is 2.22. The van der Waals surface area contributed by atoms with Crippen LogP contribution in [0.3, 0.4) is 0 Å². The molecule has 0 aliphatic heterocycles. The highest BCUT2D eigenvalue weighted by molar-refractivity contribution is 6.24. The van der Waals surface area contributed by atoms with Crippen LogP contribution in [-0.4, -0.2) is 42.5 Å². The van der Waals surface area contributed by atoms with Crippen LogP contribution >= 0.6 is 11.6 Å². The molecule has 0 heterocycles. The minimum absolute atomic E-state index is 0.316. The zero-order valence-electron chi connectivity index (χ0n) is 9.75. The van der Waals surface area contributed by atoms with Crippen molar-refractivity contribution >= 4 is 17.6 Å². The number of carbonyl (C=O) groups excluding carboxylic acids is 1. The molecule has 0 bridgehead atoms. The van der Waals surface area contributed by atoms with Gasteiger partial charge in [-0.15, -0.1) is 11.6 Å². The molecule has 0 aliphatic rings. The Balaban J connectivity index is 3.77. The van der Waals surface area contributed by atoms with Gasteiger partial charge in [0.15, 0.2) is 0 Å². The fourth-order valence-corrected chi connectivity index (χ4v) is 1.15. The lowest BCUT2D eigenvalue weighted by molar-refractivity contribution is -0.139. The summed E-state index contributed by atoms with van der Waals surface area (Å²) in [5.41, 5.74) is 0.316. The number of halogens is 1. The Bertz CT molecular complexity index is 213. The normalized spacial score (nSPS) is 12.6. The lowest BCUT2D eigenvalue weighted by Gasteiger charge is -2.17. The zero-order valence-corrected chi connectivity index (χ0v) is 10.5. The standard InChI is InChI=1S/C11H20ClNO2/c1-5-13(6-2)7-8-15-11(14)9(3)10(4)12/h10H,3,5-8H2,1-2,4H3. The summed E-state index contributed by atoms with van der Waals surface area (Å²) in [5.74, 6) is -0.398. The van der Waals surface area contributed by atoms with Crippen molar-refractivity contribution in [2.75, 3.05) is 26.2 Å². The second-order valence-corrected chi connectivity index (χ2v) is 3.96. The van der Waals surface area contributed by atoms with Gasteiger partial charge in [0.1, 0.15) is 6.61 Å². The van der Waals surface area contributed by atoms with Gasteiger partial charge in [-0.1, -0.05) is 20.4 Å². The summed E-state index contributed by atoms with van der Waals surface area (Å²) < 4.78 is 5.03. The van der Waals surface area contributed by atoms with Gasteiger partial charge in [0.05, 0.1) is 5.38 Å².